The molecule has 0 amide bonds. The molecule has 2 aromatic carbocycles. The fraction of sp³-hybridized carbons (Fsp3) is 0.250. The summed E-state index contributed by atoms with van der Waals surface area (Å²) in [7, 11) is 1.92. The Hall–Kier alpha value is -2.79. The molecular formula is C24H25N3OS. The molecule has 0 saturated carbocycles. The molecule has 29 heavy (non-hydrogen) atoms. The van der Waals surface area contributed by atoms with E-state index in [9.17, 15) is 4.79 Å². The summed E-state index contributed by atoms with van der Waals surface area (Å²) in [6.07, 6.45) is 2.01. The summed E-state index contributed by atoms with van der Waals surface area (Å²) >= 11 is 1.62. The number of aryl methyl sites for hydroxylation is 2. The Morgan fingerprint density at radius 1 is 1.03 bits per heavy atom. The number of benzene rings is 2. The van der Waals surface area contributed by atoms with Crippen molar-refractivity contribution in [3.8, 4) is 11.1 Å². The first kappa shape index (κ1) is 19.5. The lowest BCUT2D eigenvalue weighted by molar-refractivity contribution is 0.517. The van der Waals surface area contributed by atoms with Crippen molar-refractivity contribution < 1.29 is 0 Å². The van der Waals surface area contributed by atoms with Crippen LogP contribution in [-0.2, 0) is 12.8 Å². The maximum Gasteiger partial charge on any atom is 0.278 e. The highest BCUT2D eigenvalue weighted by atomic mass is 32.2. The van der Waals surface area contributed by atoms with Crippen LogP contribution < -0.4 is 5.56 Å². The lowest BCUT2D eigenvalue weighted by Gasteiger charge is -2.16. The van der Waals surface area contributed by atoms with E-state index in [0.717, 1.165) is 27.6 Å². The van der Waals surface area contributed by atoms with Gasteiger partial charge in [-0.2, -0.15) is 0 Å². The zero-order valence-electron chi connectivity index (χ0n) is 17.2. The topological polar surface area (TPSA) is 39.8 Å². The van der Waals surface area contributed by atoms with E-state index in [2.05, 4.69) is 43.3 Å². The first-order valence-electron chi connectivity index (χ1n) is 9.81. The predicted molar refractivity (Wildman–Crippen MR) is 122 cm³/mol. The highest BCUT2D eigenvalue weighted by Crippen LogP contribution is 2.31. The molecule has 0 spiro atoms. The maximum atomic E-state index is 13.4. The van der Waals surface area contributed by atoms with Crippen LogP contribution in [0.2, 0.25) is 0 Å². The number of aromatic nitrogens is 3. The quantitative estimate of drug-likeness (QED) is 0.322. The molecule has 4 aromatic rings. The molecule has 4 nitrogen and oxygen atoms in total. The normalized spacial score (nSPS) is 11.5. The molecule has 0 fully saturated rings. The number of fused-ring (bicyclic) bond motifs is 1. The Kier molecular flexibility index (Phi) is 5.33. The van der Waals surface area contributed by atoms with Crippen LogP contribution in [0.3, 0.4) is 0 Å². The summed E-state index contributed by atoms with van der Waals surface area (Å²) in [5, 5.41) is 0.765. The summed E-state index contributed by atoms with van der Waals surface area (Å²) in [6.45, 7) is 6.15. The molecular weight excluding hydrogens is 378 g/mol. The Bertz CT molecular complexity index is 1210. The van der Waals surface area contributed by atoms with E-state index >= 15 is 0 Å². The molecule has 0 radical (unpaired) electrons. The Balaban J connectivity index is 1.85. The fourth-order valence-corrected chi connectivity index (χ4v) is 4.62. The largest absolute Gasteiger partial charge is 0.344 e. The molecule has 5 heteroatoms. The number of nitrogens with zero attached hydrogens (tertiary/aromatic N) is 3. The number of hydrogen-bond donors (Lipinski definition) is 0. The van der Waals surface area contributed by atoms with Crippen molar-refractivity contribution in [1.29, 1.82) is 0 Å². The molecule has 0 atom stereocenters. The van der Waals surface area contributed by atoms with Crippen LogP contribution in [0.4, 0.5) is 0 Å². The molecule has 2 aromatic heterocycles. The van der Waals surface area contributed by atoms with Crippen molar-refractivity contribution in [2.45, 2.75) is 37.7 Å². The molecule has 0 bridgehead atoms. The molecule has 2 heterocycles. The first-order chi connectivity index (χ1) is 14.0. The second-order valence-corrected chi connectivity index (χ2v) is 8.60. The molecule has 4 rings (SSSR count). The maximum absolute atomic E-state index is 13.4. The zero-order chi connectivity index (χ0) is 20.5. The summed E-state index contributed by atoms with van der Waals surface area (Å²) in [5.41, 5.74) is 5.97. The Morgan fingerprint density at radius 2 is 1.72 bits per heavy atom. The van der Waals surface area contributed by atoms with Crippen LogP contribution in [0.1, 0.15) is 31.0 Å². The van der Waals surface area contributed by atoms with Crippen molar-refractivity contribution in [3.05, 3.63) is 82.3 Å². The van der Waals surface area contributed by atoms with E-state index in [1.165, 1.54) is 11.1 Å². The molecule has 0 aliphatic heterocycles. The van der Waals surface area contributed by atoms with Gasteiger partial charge in [0.1, 0.15) is 11.0 Å². The fourth-order valence-electron chi connectivity index (χ4n) is 3.55. The van der Waals surface area contributed by atoms with Gasteiger partial charge in [-0.3, -0.25) is 9.36 Å². The van der Waals surface area contributed by atoms with Gasteiger partial charge in [0, 0.05) is 30.6 Å². The average molecular weight is 404 g/mol. The highest BCUT2D eigenvalue weighted by molar-refractivity contribution is 7.98. The Labute approximate surface area is 175 Å². The van der Waals surface area contributed by atoms with E-state index in [0.29, 0.717) is 5.52 Å². The second-order valence-electron chi connectivity index (χ2n) is 7.65. The van der Waals surface area contributed by atoms with Crippen molar-refractivity contribution >= 4 is 22.8 Å². The van der Waals surface area contributed by atoms with Crippen molar-refractivity contribution in [2.24, 2.45) is 7.05 Å². The van der Waals surface area contributed by atoms with Crippen LogP contribution in [0.25, 0.3) is 22.2 Å². The number of thioether (sulfide) groups is 1. The monoisotopic (exact) mass is 403 g/mol. The van der Waals surface area contributed by atoms with Gasteiger partial charge in [-0.25, -0.2) is 4.98 Å². The summed E-state index contributed by atoms with van der Waals surface area (Å²) in [5.74, 6) is 0.776. The van der Waals surface area contributed by atoms with E-state index in [1.807, 2.05) is 54.4 Å². The average Bonchev–Trinajstić information content (AvgIpc) is 3.04. The molecule has 0 N–H and O–H groups in total. The minimum atomic E-state index is 0.0149. The van der Waals surface area contributed by atoms with E-state index < -0.39 is 0 Å². The van der Waals surface area contributed by atoms with Crippen LogP contribution in [0, 0.1) is 6.92 Å². The molecule has 0 aliphatic rings. The summed E-state index contributed by atoms with van der Waals surface area (Å²) < 4.78 is 3.72. The van der Waals surface area contributed by atoms with E-state index in [1.54, 1.807) is 11.8 Å². The zero-order valence-corrected chi connectivity index (χ0v) is 18.0. The van der Waals surface area contributed by atoms with Gasteiger partial charge in [-0.05, 0) is 31.9 Å². The van der Waals surface area contributed by atoms with E-state index in [4.69, 9.17) is 4.98 Å². The number of rotatable bonds is 5. The molecule has 0 aliphatic carbocycles. The third-order valence-electron chi connectivity index (χ3n) is 5.08. The minimum Gasteiger partial charge on any atom is -0.344 e. The highest BCUT2D eigenvalue weighted by Gasteiger charge is 2.20. The van der Waals surface area contributed by atoms with E-state index in [-0.39, 0.29) is 11.6 Å². The standard InChI is InChI=1S/C24H25N3OS/c1-16(2)27-23(28)22-21(20(14-26(22)4)19-8-6-5-7-9-19)25-24(27)29-15-18-12-10-17(3)11-13-18/h5-14,16H,15H2,1-4H3. The van der Waals surface area contributed by atoms with Crippen LogP contribution >= 0.6 is 11.8 Å². The molecule has 0 saturated heterocycles. The van der Waals surface area contributed by atoms with Crippen molar-refractivity contribution in [2.75, 3.05) is 0 Å². The summed E-state index contributed by atoms with van der Waals surface area (Å²) in [6, 6.07) is 18.7. The lowest BCUT2D eigenvalue weighted by atomic mass is 10.1. The number of hydrogen-bond acceptors (Lipinski definition) is 3. The lowest BCUT2D eigenvalue weighted by Crippen LogP contribution is -2.26. The van der Waals surface area contributed by atoms with Gasteiger partial charge < -0.3 is 4.57 Å². The third kappa shape index (κ3) is 3.75. The van der Waals surface area contributed by atoms with Gasteiger partial charge in [0.25, 0.3) is 5.56 Å². The molecule has 148 valence electrons. The van der Waals surface area contributed by atoms with Gasteiger partial charge in [-0.1, -0.05) is 71.9 Å². The van der Waals surface area contributed by atoms with Crippen LogP contribution in [-0.4, -0.2) is 14.1 Å². The van der Waals surface area contributed by atoms with Crippen molar-refractivity contribution in [1.82, 2.24) is 14.1 Å². The first-order valence-corrected chi connectivity index (χ1v) is 10.8. The van der Waals surface area contributed by atoms with Gasteiger partial charge >= 0.3 is 0 Å². The third-order valence-corrected chi connectivity index (χ3v) is 6.10. The van der Waals surface area contributed by atoms with Gasteiger partial charge in [0.15, 0.2) is 5.16 Å². The van der Waals surface area contributed by atoms with Crippen molar-refractivity contribution in [3.63, 3.8) is 0 Å². The smallest absolute Gasteiger partial charge is 0.278 e. The second kappa shape index (κ2) is 7.91. The van der Waals surface area contributed by atoms with Gasteiger partial charge in [0.2, 0.25) is 0 Å². The minimum absolute atomic E-state index is 0.0149. The van der Waals surface area contributed by atoms with Crippen LogP contribution in [0.5, 0.6) is 0 Å². The SMILES string of the molecule is Cc1ccc(CSc2nc3c(-c4ccccc4)cn(C)c3c(=O)n2C(C)C)cc1. The Morgan fingerprint density at radius 3 is 2.38 bits per heavy atom. The van der Waals surface area contributed by atoms with Crippen LogP contribution in [0.15, 0.2) is 70.7 Å². The van der Waals surface area contributed by atoms with Gasteiger partial charge in [-0.15, -0.1) is 0 Å². The molecule has 0 unspecified atom stereocenters. The summed E-state index contributed by atoms with van der Waals surface area (Å²) in [4.78, 5) is 18.4. The predicted octanol–water partition coefficient (Wildman–Crippen LogP) is 5.58. The van der Waals surface area contributed by atoms with Gasteiger partial charge in [0.05, 0.1) is 0 Å².